The molecule has 1 unspecified atom stereocenters. The van der Waals surface area contributed by atoms with Crippen molar-refractivity contribution in [3.05, 3.63) is 0 Å². The van der Waals surface area contributed by atoms with Crippen molar-refractivity contribution in [1.82, 2.24) is 10.2 Å². The zero-order valence-electron chi connectivity index (χ0n) is 8.05. The van der Waals surface area contributed by atoms with Crippen molar-refractivity contribution in [2.45, 2.75) is 32.2 Å². The van der Waals surface area contributed by atoms with Gasteiger partial charge in [0, 0.05) is 19.1 Å². The Labute approximate surface area is 75.3 Å². The Hall–Kier alpha value is -0.0800. The summed E-state index contributed by atoms with van der Waals surface area (Å²) in [6.45, 7) is 7.43. The van der Waals surface area contributed by atoms with Gasteiger partial charge < -0.3 is 10.2 Å². The van der Waals surface area contributed by atoms with Crippen molar-refractivity contribution in [3.63, 3.8) is 0 Å². The summed E-state index contributed by atoms with van der Waals surface area (Å²) in [7, 11) is 0. The molecule has 12 heavy (non-hydrogen) atoms. The number of nitrogens with one attached hydrogen (secondary N) is 1. The van der Waals surface area contributed by atoms with Crippen LogP contribution in [-0.2, 0) is 0 Å². The van der Waals surface area contributed by atoms with Gasteiger partial charge in [-0.15, -0.1) is 0 Å². The standard InChI is InChI=1S/C10H20N2/c1-2-12-7-9(8-12)10-5-3-4-6-11-10/h9-11H,2-8H2,1H3. The van der Waals surface area contributed by atoms with E-state index in [0.29, 0.717) is 0 Å². The molecule has 2 aliphatic heterocycles. The van der Waals surface area contributed by atoms with Crippen LogP contribution in [0.25, 0.3) is 0 Å². The van der Waals surface area contributed by atoms with E-state index in [4.69, 9.17) is 0 Å². The first-order chi connectivity index (χ1) is 5.90. The van der Waals surface area contributed by atoms with Crippen LogP contribution in [0.2, 0.25) is 0 Å². The number of hydrogen-bond acceptors (Lipinski definition) is 2. The predicted molar refractivity (Wildman–Crippen MR) is 51.2 cm³/mol. The van der Waals surface area contributed by atoms with E-state index in [1.807, 2.05) is 0 Å². The molecule has 1 atom stereocenters. The molecular weight excluding hydrogens is 148 g/mol. The first-order valence-corrected chi connectivity index (χ1v) is 5.36. The monoisotopic (exact) mass is 168 g/mol. The Balaban J connectivity index is 1.72. The second-order valence-electron chi connectivity index (χ2n) is 4.17. The molecule has 0 aromatic rings. The molecule has 2 aliphatic rings. The number of nitrogens with zero attached hydrogens (tertiary/aromatic N) is 1. The normalized spacial score (nSPS) is 33.2. The maximum atomic E-state index is 3.64. The average Bonchev–Trinajstić information content (AvgIpc) is 2.04. The largest absolute Gasteiger partial charge is 0.314 e. The Morgan fingerprint density at radius 2 is 2.17 bits per heavy atom. The summed E-state index contributed by atoms with van der Waals surface area (Å²) in [5.74, 6) is 0.963. The van der Waals surface area contributed by atoms with Crippen molar-refractivity contribution >= 4 is 0 Å². The highest BCUT2D eigenvalue weighted by Gasteiger charge is 2.32. The maximum Gasteiger partial charge on any atom is 0.0120 e. The van der Waals surface area contributed by atoms with E-state index in [9.17, 15) is 0 Å². The Bertz CT molecular complexity index is 135. The van der Waals surface area contributed by atoms with Crippen molar-refractivity contribution in [2.75, 3.05) is 26.2 Å². The third-order valence-corrected chi connectivity index (χ3v) is 3.35. The summed E-state index contributed by atoms with van der Waals surface area (Å²) in [5, 5.41) is 3.64. The van der Waals surface area contributed by atoms with Crippen LogP contribution < -0.4 is 5.32 Å². The summed E-state index contributed by atoms with van der Waals surface area (Å²) in [6.07, 6.45) is 4.25. The van der Waals surface area contributed by atoms with Crippen molar-refractivity contribution in [1.29, 1.82) is 0 Å². The molecule has 2 saturated heterocycles. The van der Waals surface area contributed by atoms with Crippen LogP contribution in [0.5, 0.6) is 0 Å². The lowest BCUT2D eigenvalue weighted by molar-refractivity contribution is 0.0685. The fourth-order valence-electron chi connectivity index (χ4n) is 2.40. The van der Waals surface area contributed by atoms with E-state index >= 15 is 0 Å². The minimum atomic E-state index is 0.849. The number of piperidine rings is 1. The summed E-state index contributed by atoms with van der Waals surface area (Å²) in [5.41, 5.74) is 0. The third-order valence-electron chi connectivity index (χ3n) is 3.35. The first kappa shape index (κ1) is 8.52. The molecule has 70 valence electrons. The molecule has 1 N–H and O–H groups in total. The number of rotatable bonds is 2. The van der Waals surface area contributed by atoms with E-state index in [1.165, 1.54) is 45.4 Å². The van der Waals surface area contributed by atoms with Crippen LogP contribution in [0, 0.1) is 5.92 Å². The Morgan fingerprint density at radius 3 is 2.75 bits per heavy atom. The van der Waals surface area contributed by atoms with Gasteiger partial charge in [-0.3, -0.25) is 0 Å². The van der Waals surface area contributed by atoms with Gasteiger partial charge in [0.2, 0.25) is 0 Å². The van der Waals surface area contributed by atoms with Crippen LogP contribution in [0.3, 0.4) is 0 Å². The van der Waals surface area contributed by atoms with E-state index < -0.39 is 0 Å². The summed E-state index contributed by atoms with van der Waals surface area (Å²) >= 11 is 0. The smallest absolute Gasteiger partial charge is 0.0120 e. The van der Waals surface area contributed by atoms with Gasteiger partial charge in [-0.2, -0.15) is 0 Å². The number of likely N-dealkylation sites (tertiary alicyclic amines) is 1. The zero-order chi connectivity index (χ0) is 8.39. The lowest BCUT2D eigenvalue weighted by atomic mass is 9.86. The van der Waals surface area contributed by atoms with Gasteiger partial charge in [-0.05, 0) is 31.8 Å². The lowest BCUT2D eigenvalue weighted by Gasteiger charge is -2.44. The molecule has 0 amide bonds. The van der Waals surface area contributed by atoms with Crippen molar-refractivity contribution in [2.24, 2.45) is 5.92 Å². The van der Waals surface area contributed by atoms with E-state index in [-0.39, 0.29) is 0 Å². The molecule has 2 nitrogen and oxygen atoms in total. The molecule has 0 saturated carbocycles. The Kier molecular flexibility index (Phi) is 2.66. The van der Waals surface area contributed by atoms with Crippen molar-refractivity contribution < 1.29 is 0 Å². The second kappa shape index (κ2) is 3.75. The van der Waals surface area contributed by atoms with Gasteiger partial charge in [-0.25, -0.2) is 0 Å². The topological polar surface area (TPSA) is 15.3 Å². The van der Waals surface area contributed by atoms with Crippen molar-refractivity contribution in [3.8, 4) is 0 Å². The van der Waals surface area contributed by atoms with Gasteiger partial charge in [-0.1, -0.05) is 13.3 Å². The fraction of sp³-hybridized carbons (Fsp3) is 1.00. The minimum absolute atomic E-state index is 0.849. The molecular formula is C10H20N2. The van der Waals surface area contributed by atoms with E-state index in [1.54, 1.807) is 0 Å². The van der Waals surface area contributed by atoms with Crippen LogP contribution in [0.1, 0.15) is 26.2 Å². The lowest BCUT2D eigenvalue weighted by Crippen LogP contribution is -2.56. The summed E-state index contributed by atoms with van der Waals surface area (Å²) in [6, 6.07) is 0.849. The van der Waals surface area contributed by atoms with Gasteiger partial charge >= 0.3 is 0 Å². The van der Waals surface area contributed by atoms with Crippen LogP contribution in [0.15, 0.2) is 0 Å². The summed E-state index contributed by atoms with van der Waals surface area (Å²) < 4.78 is 0. The zero-order valence-corrected chi connectivity index (χ0v) is 8.05. The molecule has 2 heterocycles. The highest BCUT2D eigenvalue weighted by Crippen LogP contribution is 2.23. The van der Waals surface area contributed by atoms with Gasteiger partial charge in [0.05, 0.1) is 0 Å². The summed E-state index contributed by atoms with van der Waals surface area (Å²) in [4.78, 5) is 2.53. The highest BCUT2D eigenvalue weighted by atomic mass is 15.2. The highest BCUT2D eigenvalue weighted by molar-refractivity contribution is 4.89. The molecule has 2 fully saturated rings. The molecule has 0 aromatic heterocycles. The minimum Gasteiger partial charge on any atom is -0.314 e. The molecule has 2 heteroatoms. The van der Waals surface area contributed by atoms with Gasteiger partial charge in [0.1, 0.15) is 0 Å². The third kappa shape index (κ3) is 1.64. The van der Waals surface area contributed by atoms with Crippen LogP contribution in [0.4, 0.5) is 0 Å². The SMILES string of the molecule is CCN1CC(C2CCCCN2)C1. The average molecular weight is 168 g/mol. The van der Waals surface area contributed by atoms with E-state index in [2.05, 4.69) is 17.1 Å². The quantitative estimate of drug-likeness (QED) is 0.664. The van der Waals surface area contributed by atoms with Gasteiger partial charge in [0.25, 0.3) is 0 Å². The fourth-order valence-corrected chi connectivity index (χ4v) is 2.40. The second-order valence-corrected chi connectivity index (χ2v) is 4.17. The number of hydrogen-bond donors (Lipinski definition) is 1. The Morgan fingerprint density at radius 1 is 1.33 bits per heavy atom. The van der Waals surface area contributed by atoms with Gasteiger partial charge in [0.15, 0.2) is 0 Å². The molecule has 0 radical (unpaired) electrons. The first-order valence-electron chi connectivity index (χ1n) is 5.36. The molecule has 0 aliphatic carbocycles. The predicted octanol–water partition coefficient (Wildman–Crippen LogP) is 1.08. The molecule has 0 bridgehead atoms. The molecule has 2 rings (SSSR count). The van der Waals surface area contributed by atoms with E-state index in [0.717, 1.165) is 12.0 Å². The van der Waals surface area contributed by atoms with Crippen LogP contribution >= 0.6 is 0 Å². The molecule has 0 spiro atoms. The molecule has 0 aromatic carbocycles. The maximum absolute atomic E-state index is 3.64. The van der Waals surface area contributed by atoms with Crippen LogP contribution in [-0.4, -0.2) is 37.1 Å².